The lowest BCUT2D eigenvalue weighted by Gasteiger charge is -2.27. The molecule has 0 bridgehead atoms. The Bertz CT molecular complexity index is 1300. The molecular weight excluding hydrogens is 440 g/mol. The number of pyridine rings is 1. The molecule has 0 saturated heterocycles. The summed E-state index contributed by atoms with van der Waals surface area (Å²) in [6, 6.07) is 17.6. The number of nitrogen functional groups attached to an aromatic ring is 1. The number of likely N-dealkylation sites (N-methyl/N-ethyl adjacent to an activating group) is 1. The lowest BCUT2D eigenvalue weighted by molar-refractivity contribution is 0.0956. The van der Waals surface area contributed by atoms with E-state index >= 15 is 0 Å². The third-order valence-corrected chi connectivity index (χ3v) is 7.21. The fraction of sp³-hybridized carbons (Fsp3) is 0.200. The van der Waals surface area contributed by atoms with Crippen molar-refractivity contribution in [2.75, 3.05) is 19.3 Å². The van der Waals surface area contributed by atoms with Crippen LogP contribution in [0.25, 0.3) is 21.3 Å². The molecule has 4 aromatic rings. The molecule has 2 aromatic heterocycles. The molecule has 32 heavy (non-hydrogen) atoms. The molecule has 0 atom stereocenters. The number of nitrogens with zero attached hydrogens (tertiary/aromatic N) is 2. The molecule has 0 aliphatic carbocycles. The molecule has 0 radical (unpaired) electrons. The molecule has 1 aliphatic rings. The summed E-state index contributed by atoms with van der Waals surface area (Å²) in [5.41, 5.74) is 12.5. The molecule has 5 nitrogen and oxygen atoms in total. The van der Waals surface area contributed by atoms with Crippen LogP contribution in [0.2, 0.25) is 5.02 Å². The maximum absolute atomic E-state index is 13.0. The van der Waals surface area contributed by atoms with E-state index in [4.69, 9.17) is 22.3 Å². The lowest BCUT2D eigenvalue weighted by Crippen LogP contribution is -2.28. The number of nitrogens with one attached hydrogen (secondary N) is 1. The Labute approximate surface area is 195 Å². The number of hydrogen-bond acceptors (Lipinski definition) is 5. The molecule has 1 amide bonds. The van der Waals surface area contributed by atoms with Crippen LogP contribution in [0.15, 0.2) is 54.6 Å². The fourth-order valence-corrected chi connectivity index (χ4v) is 5.39. The lowest BCUT2D eigenvalue weighted by atomic mass is 9.92. The van der Waals surface area contributed by atoms with Crippen LogP contribution >= 0.6 is 22.9 Å². The van der Waals surface area contributed by atoms with Crippen molar-refractivity contribution in [2.24, 2.45) is 0 Å². The van der Waals surface area contributed by atoms with E-state index in [1.807, 2.05) is 54.6 Å². The Morgan fingerprint density at radius 3 is 2.69 bits per heavy atom. The molecular formula is C25H23ClN4OS. The molecule has 1 aliphatic heterocycles. The summed E-state index contributed by atoms with van der Waals surface area (Å²) in [5, 5.41) is 4.54. The van der Waals surface area contributed by atoms with E-state index in [0.717, 1.165) is 52.1 Å². The third-order valence-electron chi connectivity index (χ3n) is 5.86. The molecule has 0 saturated carbocycles. The summed E-state index contributed by atoms with van der Waals surface area (Å²) < 4.78 is 0. The molecule has 7 heteroatoms. The Morgan fingerprint density at radius 1 is 1.19 bits per heavy atom. The summed E-state index contributed by atoms with van der Waals surface area (Å²) >= 11 is 7.51. The average Bonchev–Trinajstić information content (AvgIpc) is 3.13. The van der Waals surface area contributed by atoms with Gasteiger partial charge in [-0.3, -0.25) is 4.79 Å². The minimum absolute atomic E-state index is 0.175. The van der Waals surface area contributed by atoms with E-state index in [2.05, 4.69) is 17.3 Å². The van der Waals surface area contributed by atoms with Gasteiger partial charge >= 0.3 is 0 Å². The van der Waals surface area contributed by atoms with Gasteiger partial charge in [0.25, 0.3) is 5.91 Å². The highest BCUT2D eigenvalue weighted by Gasteiger charge is 2.26. The number of halogens is 1. The first-order chi connectivity index (χ1) is 15.5. The number of thiophene rings is 1. The third kappa shape index (κ3) is 3.86. The Hall–Kier alpha value is -2.93. The molecule has 3 N–H and O–H groups in total. The van der Waals surface area contributed by atoms with Crippen molar-refractivity contribution in [2.45, 2.75) is 19.5 Å². The maximum atomic E-state index is 13.0. The Balaban J connectivity index is 1.62. The van der Waals surface area contributed by atoms with Crippen LogP contribution in [-0.2, 0) is 19.5 Å². The summed E-state index contributed by atoms with van der Waals surface area (Å²) in [7, 11) is 2.11. The molecule has 162 valence electrons. The van der Waals surface area contributed by atoms with Crippen LogP contribution in [0, 0.1) is 0 Å². The number of benzene rings is 2. The van der Waals surface area contributed by atoms with Crippen LogP contribution in [-0.4, -0.2) is 29.4 Å². The molecule has 3 heterocycles. The number of fused-ring (bicyclic) bond motifs is 2. The second-order valence-corrected chi connectivity index (χ2v) is 9.54. The van der Waals surface area contributed by atoms with E-state index in [0.29, 0.717) is 22.1 Å². The average molecular weight is 463 g/mol. The van der Waals surface area contributed by atoms with Gasteiger partial charge in [-0.05, 0) is 35.9 Å². The van der Waals surface area contributed by atoms with Gasteiger partial charge in [0, 0.05) is 47.7 Å². The first kappa shape index (κ1) is 20.9. The van der Waals surface area contributed by atoms with Crippen molar-refractivity contribution in [1.82, 2.24) is 15.2 Å². The molecule has 0 fully saturated rings. The van der Waals surface area contributed by atoms with Crippen molar-refractivity contribution in [1.29, 1.82) is 0 Å². The highest BCUT2D eigenvalue weighted by Crippen LogP contribution is 2.43. The number of carbonyl (C=O) groups excluding carboxylic acids is 1. The predicted molar refractivity (Wildman–Crippen MR) is 132 cm³/mol. The first-order valence-electron chi connectivity index (χ1n) is 10.5. The van der Waals surface area contributed by atoms with Crippen LogP contribution in [0.1, 0.15) is 26.5 Å². The van der Waals surface area contributed by atoms with E-state index in [1.165, 1.54) is 16.9 Å². The van der Waals surface area contributed by atoms with Crippen LogP contribution in [0.5, 0.6) is 0 Å². The van der Waals surface area contributed by atoms with Crippen LogP contribution in [0.3, 0.4) is 0 Å². The van der Waals surface area contributed by atoms with E-state index in [1.54, 1.807) is 0 Å². The van der Waals surface area contributed by atoms with Gasteiger partial charge in [0.05, 0.1) is 5.69 Å². The van der Waals surface area contributed by atoms with Gasteiger partial charge in [-0.25, -0.2) is 4.98 Å². The van der Waals surface area contributed by atoms with Gasteiger partial charge in [-0.15, -0.1) is 11.3 Å². The van der Waals surface area contributed by atoms with Gasteiger partial charge in [0.1, 0.15) is 9.71 Å². The van der Waals surface area contributed by atoms with E-state index in [9.17, 15) is 4.79 Å². The highest BCUT2D eigenvalue weighted by atomic mass is 35.5. The topological polar surface area (TPSA) is 71.2 Å². The van der Waals surface area contributed by atoms with Crippen molar-refractivity contribution in [3.05, 3.63) is 81.3 Å². The van der Waals surface area contributed by atoms with Crippen molar-refractivity contribution in [3.63, 3.8) is 0 Å². The van der Waals surface area contributed by atoms with Crippen molar-refractivity contribution < 1.29 is 4.79 Å². The maximum Gasteiger partial charge on any atom is 0.263 e. The number of aromatic nitrogens is 1. The zero-order valence-electron chi connectivity index (χ0n) is 17.7. The Morgan fingerprint density at radius 2 is 1.94 bits per heavy atom. The fourth-order valence-electron chi connectivity index (χ4n) is 4.22. The standard InChI is InChI=1S/C25H23ClN4OS/c1-30-12-11-19-18(14-30)20(16-7-9-17(26)10-8-16)21-22(27)23(32-25(21)29-19)24(31)28-13-15-5-3-2-4-6-15/h2-10H,11-14,27H2,1H3,(H,28,31). The predicted octanol–water partition coefficient (Wildman–Crippen LogP) is 5.12. The monoisotopic (exact) mass is 462 g/mol. The zero-order chi connectivity index (χ0) is 22.2. The summed E-state index contributed by atoms with van der Waals surface area (Å²) in [4.78, 5) is 21.6. The largest absolute Gasteiger partial charge is 0.397 e. The van der Waals surface area contributed by atoms with Crippen LogP contribution < -0.4 is 11.1 Å². The summed E-state index contributed by atoms with van der Waals surface area (Å²) in [6.07, 6.45) is 0.871. The smallest absolute Gasteiger partial charge is 0.263 e. The molecule has 0 unspecified atom stereocenters. The number of anilines is 1. The number of carbonyl (C=O) groups is 1. The van der Waals surface area contributed by atoms with Crippen molar-refractivity contribution >= 4 is 44.7 Å². The molecule has 5 rings (SSSR count). The minimum atomic E-state index is -0.175. The quantitative estimate of drug-likeness (QED) is 0.441. The van der Waals surface area contributed by atoms with Gasteiger partial charge in [0.2, 0.25) is 0 Å². The number of hydrogen-bond donors (Lipinski definition) is 2. The van der Waals surface area contributed by atoms with E-state index < -0.39 is 0 Å². The highest BCUT2D eigenvalue weighted by molar-refractivity contribution is 7.21. The second-order valence-electron chi connectivity index (χ2n) is 8.10. The minimum Gasteiger partial charge on any atom is -0.397 e. The number of rotatable bonds is 4. The summed E-state index contributed by atoms with van der Waals surface area (Å²) in [6.45, 7) is 2.20. The molecule has 0 spiro atoms. The number of amides is 1. The summed E-state index contributed by atoms with van der Waals surface area (Å²) in [5.74, 6) is -0.175. The van der Waals surface area contributed by atoms with Gasteiger partial charge in [-0.2, -0.15) is 0 Å². The second kappa shape index (κ2) is 8.54. The van der Waals surface area contributed by atoms with Crippen molar-refractivity contribution in [3.8, 4) is 11.1 Å². The Kier molecular flexibility index (Phi) is 5.59. The zero-order valence-corrected chi connectivity index (χ0v) is 19.3. The van der Waals surface area contributed by atoms with Gasteiger partial charge in [0.15, 0.2) is 0 Å². The van der Waals surface area contributed by atoms with E-state index in [-0.39, 0.29) is 5.91 Å². The van der Waals surface area contributed by atoms with Crippen LogP contribution in [0.4, 0.5) is 5.69 Å². The van der Waals surface area contributed by atoms with Gasteiger partial charge < -0.3 is 16.0 Å². The first-order valence-corrected chi connectivity index (χ1v) is 11.7. The molecule has 2 aromatic carbocycles. The van der Waals surface area contributed by atoms with Gasteiger partial charge in [-0.1, -0.05) is 54.1 Å². The number of nitrogens with two attached hydrogens (primary N) is 1. The normalized spacial score (nSPS) is 13.8. The SMILES string of the molecule is CN1CCc2nc3sc(C(=O)NCc4ccccc4)c(N)c3c(-c3ccc(Cl)cc3)c2C1.